The van der Waals surface area contributed by atoms with E-state index in [1.54, 1.807) is 12.5 Å². The maximum atomic E-state index is 12.7. The number of benzene rings is 1. The van der Waals surface area contributed by atoms with Crippen molar-refractivity contribution >= 4 is 5.91 Å². The molecule has 4 fully saturated rings. The number of hydrogen-bond donors (Lipinski definition) is 1. The van der Waals surface area contributed by atoms with Gasteiger partial charge in [0.25, 0.3) is 0 Å². The number of rotatable bonds is 7. The van der Waals surface area contributed by atoms with E-state index in [-0.39, 0.29) is 36.4 Å². The van der Waals surface area contributed by atoms with Gasteiger partial charge in [0.2, 0.25) is 5.91 Å². The molecule has 6 rings (SSSR count). The minimum atomic E-state index is -4.67. The Labute approximate surface area is 190 Å². The molecule has 1 N–H and O–H groups in total. The van der Waals surface area contributed by atoms with Crippen LogP contribution in [-0.2, 0) is 26.0 Å². The molecule has 12 heteroatoms. The Morgan fingerprint density at radius 2 is 1.71 bits per heavy atom. The van der Waals surface area contributed by atoms with Crippen molar-refractivity contribution < 1.29 is 40.6 Å². The lowest BCUT2D eigenvalue weighted by Gasteiger charge is -2.70. The fourth-order valence-corrected chi connectivity index (χ4v) is 5.17. The summed E-state index contributed by atoms with van der Waals surface area (Å²) in [6.45, 7) is -0.221. The lowest BCUT2D eigenvalue weighted by atomic mass is 9.44. The molecule has 4 aliphatic rings. The highest BCUT2D eigenvalue weighted by Gasteiger charge is 2.69. The van der Waals surface area contributed by atoms with E-state index in [4.69, 9.17) is 4.74 Å². The Morgan fingerprint density at radius 3 is 2.29 bits per heavy atom. The van der Waals surface area contributed by atoms with Crippen molar-refractivity contribution in [3.05, 3.63) is 42.4 Å². The minimum Gasteiger partial charge on any atom is -0.368 e. The van der Waals surface area contributed by atoms with E-state index >= 15 is 0 Å². The number of nitrogens with one attached hydrogen (secondary N) is 1. The van der Waals surface area contributed by atoms with Gasteiger partial charge < -0.3 is 14.6 Å². The van der Waals surface area contributed by atoms with Gasteiger partial charge in [-0.2, -0.15) is 13.2 Å². The van der Waals surface area contributed by atoms with E-state index in [0.29, 0.717) is 30.5 Å². The summed E-state index contributed by atoms with van der Waals surface area (Å²) in [5.41, 5.74) is -0.0819. The number of ether oxygens (including phenoxy) is 2. The number of halogens is 6. The van der Waals surface area contributed by atoms with Crippen LogP contribution in [0.25, 0.3) is 11.3 Å². The molecule has 0 unspecified atom stereocenters. The standard InChI is InChI=1S/C22H21F6N3O3/c23-21(24,25)14-3-1-13(2-4-14)17-7-31(12-29-17)20-9-19(10-20,11-20)30-18(32)8-33-15-5-16(6-15)34-22(26,27)28/h1-4,7,12,15-16H,5-6,8-11H2,(H,30,32). The normalized spacial score (nSPS) is 30.2. The zero-order valence-electron chi connectivity index (χ0n) is 17.7. The molecule has 1 aromatic heterocycles. The first-order valence-electron chi connectivity index (χ1n) is 10.7. The van der Waals surface area contributed by atoms with Crippen LogP contribution in [-0.4, -0.2) is 46.2 Å². The van der Waals surface area contributed by atoms with E-state index in [0.717, 1.165) is 12.1 Å². The van der Waals surface area contributed by atoms with Gasteiger partial charge in [-0.25, -0.2) is 4.98 Å². The van der Waals surface area contributed by atoms with Crippen molar-refractivity contribution in [1.29, 1.82) is 0 Å². The molecule has 0 saturated heterocycles. The highest BCUT2D eigenvalue weighted by atomic mass is 19.4. The average Bonchev–Trinajstić information content (AvgIpc) is 3.13. The van der Waals surface area contributed by atoms with Gasteiger partial charge in [-0.1, -0.05) is 12.1 Å². The van der Waals surface area contributed by atoms with Crippen LogP contribution < -0.4 is 5.32 Å². The van der Waals surface area contributed by atoms with Crippen LogP contribution in [0.2, 0.25) is 0 Å². The molecular formula is C22H21F6N3O3. The van der Waals surface area contributed by atoms with Crippen molar-refractivity contribution in [1.82, 2.24) is 14.9 Å². The molecule has 0 spiro atoms. The zero-order chi connectivity index (χ0) is 24.4. The molecule has 2 bridgehead atoms. The molecule has 184 valence electrons. The summed E-state index contributed by atoms with van der Waals surface area (Å²) in [5.74, 6) is -0.315. The molecule has 0 atom stereocenters. The number of aromatic nitrogens is 2. The summed E-state index contributed by atoms with van der Waals surface area (Å²) in [5, 5.41) is 2.95. The third-order valence-electron chi connectivity index (χ3n) is 6.85. The summed E-state index contributed by atoms with van der Waals surface area (Å²) in [6, 6.07) is 4.82. The Balaban J connectivity index is 1.08. The molecule has 1 heterocycles. The maximum absolute atomic E-state index is 12.7. The van der Waals surface area contributed by atoms with Gasteiger partial charge in [0.05, 0.1) is 35.3 Å². The van der Waals surface area contributed by atoms with Crippen molar-refractivity contribution in [3.63, 3.8) is 0 Å². The number of imidazole rings is 1. The van der Waals surface area contributed by atoms with Crippen molar-refractivity contribution in [2.45, 2.75) is 67.9 Å². The van der Waals surface area contributed by atoms with Crippen molar-refractivity contribution in [2.75, 3.05) is 6.61 Å². The summed E-state index contributed by atoms with van der Waals surface area (Å²) in [6.07, 6.45) is -4.68. The SMILES string of the molecule is O=C(COC1CC(OC(F)(F)F)C1)NC12CC(n3cnc(-c4ccc(C(F)(F)F)cc4)c3)(C1)C2. The molecule has 0 aliphatic heterocycles. The number of amides is 1. The second-order valence-electron chi connectivity index (χ2n) is 9.41. The summed E-state index contributed by atoms with van der Waals surface area (Å²) < 4.78 is 85.8. The monoisotopic (exact) mass is 489 g/mol. The van der Waals surface area contributed by atoms with Gasteiger partial charge in [-0.15, -0.1) is 13.2 Å². The molecule has 34 heavy (non-hydrogen) atoms. The van der Waals surface area contributed by atoms with Crippen LogP contribution in [0.1, 0.15) is 37.7 Å². The topological polar surface area (TPSA) is 65.4 Å². The van der Waals surface area contributed by atoms with Gasteiger partial charge in [-0.05, 0) is 31.4 Å². The predicted octanol–water partition coefficient (Wildman–Crippen LogP) is 4.40. The van der Waals surface area contributed by atoms with E-state index < -0.39 is 30.3 Å². The first kappa shape index (κ1) is 23.2. The molecule has 4 saturated carbocycles. The van der Waals surface area contributed by atoms with E-state index in [1.165, 1.54) is 12.1 Å². The van der Waals surface area contributed by atoms with Gasteiger partial charge in [0.1, 0.15) is 6.61 Å². The van der Waals surface area contributed by atoms with Gasteiger partial charge in [-0.3, -0.25) is 9.53 Å². The molecular weight excluding hydrogens is 468 g/mol. The number of hydrogen-bond acceptors (Lipinski definition) is 4. The summed E-state index contributed by atoms with van der Waals surface area (Å²) in [4.78, 5) is 16.5. The fourth-order valence-electron chi connectivity index (χ4n) is 5.17. The van der Waals surface area contributed by atoms with Crippen LogP contribution in [0.4, 0.5) is 26.3 Å². The van der Waals surface area contributed by atoms with Gasteiger partial charge in [0.15, 0.2) is 0 Å². The van der Waals surface area contributed by atoms with Gasteiger partial charge in [0, 0.05) is 30.1 Å². The van der Waals surface area contributed by atoms with E-state index in [9.17, 15) is 31.1 Å². The zero-order valence-corrected chi connectivity index (χ0v) is 17.7. The number of carbonyl (C=O) groups excluding carboxylic acids is 1. The molecule has 6 nitrogen and oxygen atoms in total. The lowest BCUT2D eigenvalue weighted by Crippen LogP contribution is -2.78. The minimum absolute atomic E-state index is 0.100. The highest BCUT2D eigenvalue weighted by Crippen LogP contribution is 2.65. The number of carbonyl (C=O) groups is 1. The van der Waals surface area contributed by atoms with Crippen LogP contribution in [0, 0.1) is 0 Å². The van der Waals surface area contributed by atoms with Gasteiger partial charge >= 0.3 is 12.5 Å². The maximum Gasteiger partial charge on any atom is 0.522 e. The largest absolute Gasteiger partial charge is 0.522 e. The summed E-state index contributed by atoms with van der Waals surface area (Å²) in [7, 11) is 0. The van der Waals surface area contributed by atoms with Crippen molar-refractivity contribution in [3.8, 4) is 11.3 Å². The third kappa shape index (κ3) is 4.40. The van der Waals surface area contributed by atoms with E-state index in [1.807, 2.05) is 4.57 Å². The fraction of sp³-hybridized carbons (Fsp3) is 0.545. The van der Waals surface area contributed by atoms with Crippen LogP contribution in [0.3, 0.4) is 0 Å². The lowest BCUT2D eigenvalue weighted by molar-refractivity contribution is -0.357. The first-order valence-corrected chi connectivity index (χ1v) is 10.7. The molecule has 2 aromatic rings. The first-order chi connectivity index (χ1) is 15.8. The number of nitrogens with zero attached hydrogens (tertiary/aromatic N) is 2. The Kier molecular flexibility index (Phi) is 5.25. The Hall–Kier alpha value is -2.60. The Morgan fingerprint density at radius 1 is 1.06 bits per heavy atom. The molecule has 0 radical (unpaired) electrons. The molecule has 4 aliphatic carbocycles. The molecule has 1 aromatic carbocycles. The van der Waals surface area contributed by atoms with E-state index in [2.05, 4.69) is 15.0 Å². The predicted molar refractivity (Wildman–Crippen MR) is 105 cm³/mol. The van der Waals surface area contributed by atoms with Crippen LogP contribution in [0.15, 0.2) is 36.8 Å². The average molecular weight is 489 g/mol. The quantitative estimate of drug-likeness (QED) is 0.586. The second-order valence-corrected chi connectivity index (χ2v) is 9.41. The smallest absolute Gasteiger partial charge is 0.368 e. The Bertz CT molecular complexity index is 1050. The molecule has 1 amide bonds. The van der Waals surface area contributed by atoms with Crippen LogP contribution in [0.5, 0.6) is 0 Å². The van der Waals surface area contributed by atoms with Crippen molar-refractivity contribution in [2.24, 2.45) is 0 Å². The number of alkyl halides is 6. The highest BCUT2D eigenvalue weighted by molar-refractivity contribution is 5.79. The summed E-state index contributed by atoms with van der Waals surface area (Å²) >= 11 is 0. The van der Waals surface area contributed by atoms with Crippen LogP contribution >= 0.6 is 0 Å². The third-order valence-corrected chi connectivity index (χ3v) is 6.85. The second kappa shape index (κ2) is 7.70.